The van der Waals surface area contributed by atoms with E-state index in [9.17, 15) is 4.39 Å². The van der Waals surface area contributed by atoms with Crippen LogP contribution < -0.4 is 5.32 Å². The molecule has 1 N–H and O–H groups in total. The summed E-state index contributed by atoms with van der Waals surface area (Å²) >= 11 is 3.33. The fourth-order valence-electron chi connectivity index (χ4n) is 3.36. The minimum absolute atomic E-state index is 0.0729. The van der Waals surface area contributed by atoms with Crippen molar-refractivity contribution in [2.45, 2.75) is 46.0 Å². The summed E-state index contributed by atoms with van der Waals surface area (Å²) in [5.74, 6) is 1.91. The van der Waals surface area contributed by atoms with Crippen molar-refractivity contribution in [1.82, 2.24) is 5.32 Å². The predicted octanol–water partition coefficient (Wildman–Crippen LogP) is 5.18. The molecule has 118 valence electrons. The van der Waals surface area contributed by atoms with Crippen molar-refractivity contribution in [2.24, 2.45) is 17.8 Å². The molecule has 21 heavy (non-hydrogen) atoms. The molecular formula is C18H27BrFN. The standard InChI is InChI=1S/C18H27BrFN/c1-13(2)11-21-12-16(14-5-3-4-6-14)9-15-7-8-17(19)10-18(15)20/h7-8,10,13-14,16,21H,3-6,9,11-12H2,1-2H3. The van der Waals surface area contributed by atoms with E-state index in [2.05, 4.69) is 35.1 Å². The van der Waals surface area contributed by atoms with Crippen molar-refractivity contribution < 1.29 is 4.39 Å². The van der Waals surface area contributed by atoms with Crippen molar-refractivity contribution in [2.75, 3.05) is 13.1 Å². The van der Waals surface area contributed by atoms with Crippen molar-refractivity contribution in [3.05, 3.63) is 34.1 Å². The van der Waals surface area contributed by atoms with Gasteiger partial charge in [-0.15, -0.1) is 0 Å². The summed E-state index contributed by atoms with van der Waals surface area (Å²) in [4.78, 5) is 0. The topological polar surface area (TPSA) is 12.0 Å². The van der Waals surface area contributed by atoms with Crippen LogP contribution in [0.4, 0.5) is 4.39 Å². The number of rotatable bonds is 7. The average molecular weight is 356 g/mol. The van der Waals surface area contributed by atoms with E-state index >= 15 is 0 Å². The Morgan fingerprint density at radius 2 is 1.95 bits per heavy atom. The highest BCUT2D eigenvalue weighted by Gasteiger charge is 2.25. The number of hydrogen-bond donors (Lipinski definition) is 1. The first-order chi connectivity index (χ1) is 10.1. The molecule has 0 aliphatic heterocycles. The van der Waals surface area contributed by atoms with E-state index in [0.717, 1.165) is 35.5 Å². The van der Waals surface area contributed by atoms with Gasteiger partial charge in [0.1, 0.15) is 5.82 Å². The molecule has 0 saturated heterocycles. The van der Waals surface area contributed by atoms with Crippen LogP contribution in [0.3, 0.4) is 0 Å². The van der Waals surface area contributed by atoms with Crippen molar-refractivity contribution >= 4 is 15.9 Å². The number of hydrogen-bond acceptors (Lipinski definition) is 1. The highest BCUT2D eigenvalue weighted by Crippen LogP contribution is 2.33. The molecule has 0 spiro atoms. The maximum atomic E-state index is 14.1. The molecule has 0 radical (unpaired) electrons. The molecule has 2 rings (SSSR count). The Hall–Kier alpha value is -0.410. The van der Waals surface area contributed by atoms with Crippen LogP contribution in [0.25, 0.3) is 0 Å². The summed E-state index contributed by atoms with van der Waals surface area (Å²) < 4.78 is 14.9. The lowest BCUT2D eigenvalue weighted by Gasteiger charge is -2.25. The first kappa shape index (κ1) is 17.0. The van der Waals surface area contributed by atoms with Crippen molar-refractivity contribution in [1.29, 1.82) is 0 Å². The minimum Gasteiger partial charge on any atom is -0.316 e. The third-order valence-corrected chi connectivity index (χ3v) is 5.02. The van der Waals surface area contributed by atoms with Gasteiger partial charge >= 0.3 is 0 Å². The van der Waals surface area contributed by atoms with Gasteiger partial charge in [0.2, 0.25) is 0 Å². The maximum Gasteiger partial charge on any atom is 0.127 e. The molecular weight excluding hydrogens is 329 g/mol. The normalized spacial score (nSPS) is 17.6. The largest absolute Gasteiger partial charge is 0.316 e. The van der Waals surface area contributed by atoms with Gasteiger partial charge in [0.25, 0.3) is 0 Å². The molecule has 1 unspecified atom stereocenters. The van der Waals surface area contributed by atoms with Crippen LogP contribution in [0.2, 0.25) is 0 Å². The highest BCUT2D eigenvalue weighted by atomic mass is 79.9. The zero-order chi connectivity index (χ0) is 15.2. The van der Waals surface area contributed by atoms with E-state index in [-0.39, 0.29) is 5.82 Å². The van der Waals surface area contributed by atoms with Gasteiger partial charge in [-0.05, 0) is 55.0 Å². The SMILES string of the molecule is CC(C)CNCC(Cc1ccc(Br)cc1F)C1CCCC1. The quantitative estimate of drug-likeness (QED) is 0.710. The summed E-state index contributed by atoms with van der Waals surface area (Å²) in [6.45, 7) is 6.52. The minimum atomic E-state index is -0.0729. The molecule has 1 aliphatic rings. The van der Waals surface area contributed by atoms with Gasteiger partial charge < -0.3 is 5.32 Å². The summed E-state index contributed by atoms with van der Waals surface area (Å²) in [6.07, 6.45) is 6.16. The zero-order valence-electron chi connectivity index (χ0n) is 13.2. The first-order valence-electron chi connectivity index (χ1n) is 8.21. The summed E-state index contributed by atoms with van der Waals surface area (Å²) in [5, 5.41) is 3.58. The van der Waals surface area contributed by atoms with E-state index < -0.39 is 0 Å². The maximum absolute atomic E-state index is 14.1. The second-order valence-electron chi connectivity index (χ2n) is 6.80. The molecule has 3 heteroatoms. The molecule has 0 bridgehead atoms. The smallest absolute Gasteiger partial charge is 0.127 e. The molecule has 0 heterocycles. The molecule has 1 aliphatic carbocycles. The Balaban J connectivity index is 2.00. The van der Waals surface area contributed by atoms with Gasteiger partial charge in [0.05, 0.1) is 0 Å². The monoisotopic (exact) mass is 355 g/mol. The Morgan fingerprint density at radius 1 is 1.24 bits per heavy atom. The summed E-state index contributed by atoms with van der Waals surface area (Å²) in [7, 11) is 0. The third-order valence-electron chi connectivity index (χ3n) is 4.52. The number of benzene rings is 1. The van der Waals surface area contributed by atoms with Crippen LogP contribution in [0, 0.1) is 23.6 Å². The van der Waals surface area contributed by atoms with E-state index in [4.69, 9.17) is 0 Å². The van der Waals surface area contributed by atoms with E-state index in [0.29, 0.717) is 11.8 Å². The number of halogens is 2. The lowest BCUT2D eigenvalue weighted by Crippen LogP contribution is -2.31. The van der Waals surface area contributed by atoms with Gasteiger partial charge in [0.15, 0.2) is 0 Å². The molecule has 0 amide bonds. The van der Waals surface area contributed by atoms with Gasteiger partial charge in [-0.3, -0.25) is 0 Å². The number of nitrogens with one attached hydrogen (secondary N) is 1. The molecule has 1 atom stereocenters. The van der Waals surface area contributed by atoms with Gasteiger partial charge in [-0.25, -0.2) is 4.39 Å². The molecule has 1 aromatic rings. The van der Waals surface area contributed by atoms with Crippen LogP contribution in [0.15, 0.2) is 22.7 Å². The fourth-order valence-corrected chi connectivity index (χ4v) is 3.69. The van der Waals surface area contributed by atoms with Crippen molar-refractivity contribution in [3.63, 3.8) is 0 Å². The predicted molar refractivity (Wildman–Crippen MR) is 91.0 cm³/mol. The van der Waals surface area contributed by atoms with Crippen LogP contribution >= 0.6 is 15.9 Å². The van der Waals surface area contributed by atoms with Crippen LogP contribution in [-0.2, 0) is 6.42 Å². The van der Waals surface area contributed by atoms with Crippen LogP contribution in [0.1, 0.15) is 45.1 Å². The van der Waals surface area contributed by atoms with Gasteiger partial charge in [-0.1, -0.05) is 61.5 Å². The van der Waals surface area contributed by atoms with E-state index in [1.165, 1.54) is 25.7 Å². The van der Waals surface area contributed by atoms with E-state index in [1.54, 1.807) is 6.07 Å². The average Bonchev–Trinajstić information content (AvgIpc) is 2.93. The molecule has 1 fully saturated rings. The third kappa shape index (κ3) is 5.37. The second-order valence-corrected chi connectivity index (χ2v) is 7.71. The Bertz CT molecular complexity index is 441. The molecule has 1 aromatic carbocycles. The fraction of sp³-hybridized carbons (Fsp3) is 0.667. The van der Waals surface area contributed by atoms with E-state index in [1.807, 2.05) is 12.1 Å². The first-order valence-corrected chi connectivity index (χ1v) is 9.00. The van der Waals surface area contributed by atoms with Gasteiger partial charge in [-0.2, -0.15) is 0 Å². The Kier molecular flexibility index (Phi) is 6.69. The molecule has 1 saturated carbocycles. The van der Waals surface area contributed by atoms with Gasteiger partial charge in [0, 0.05) is 4.47 Å². The Morgan fingerprint density at radius 3 is 2.57 bits per heavy atom. The summed E-state index contributed by atoms with van der Waals surface area (Å²) in [5.41, 5.74) is 0.862. The highest BCUT2D eigenvalue weighted by molar-refractivity contribution is 9.10. The lowest BCUT2D eigenvalue weighted by molar-refractivity contribution is 0.313. The summed E-state index contributed by atoms with van der Waals surface area (Å²) in [6, 6.07) is 5.47. The van der Waals surface area contributed by atoms with Crippen LogP contribution in [0.5, 0.6) is 0 Å². The molecule has 1 nitrogen and oxygen atoms in total. The van der Waals surface area contributed by atoms with Crippen LogP contribution in [-0.4, -0.2) is 13.1 Å². The zero-order valence-corrected chi connectivity index (χ0v) is 14.8. The second kappa shape index (κ2) is 8.28. The lowest BCUT2D eigenvalue weighted by atomic mass is 9.85. The molecule has 0 aromatic heterocycles. The van der Waals surface area contributed by atoms with Crippen molar-refractivity contribution in [3.8, 4) is 0 Å². The Labute approximate surface area is 136 Å².